The summed E-state index contributed by atoms with van der Waals surface area (Å²) in [6, 6.07) is 153. The predicted molar refractivity (Wildman–Crippen MR) is 520 cm³/mol. The minimum Gasteiger partial charge on any atom is -0.453 e. The first-order valence-corrected chi connectivity index (χ1v) is 42.1. The number of aromatic nitrogens is 7. The van der Waals surface area contributed by atoms with Gasteiger partial charge in [-0.2, -0.15) is 5.26 Å². The Balaban J connectivity index is 0.000000118. The van der Waals surface area contributed by atoms with E-state index >= 15 is 0 Å². The zero-order chi connectivity index (χ0) is 84.7. The Morgan fingerprint density at radius 3 is 1.09 bits per heavy atom. The molecule has 127 heavy (non-hydrogen) atoms. The van der Waals surface area contributed by atoms with Gasteiger partial charge in [0.2, 0.25) is 0 Å². The maximum atomic E-state index is 9.51. The third kappa shape index (κ3) is 14.1. The molecule has 13 nitrogen and oxygen atoms in total. The molecule has 23 aromatic rings. The Hall–Kier alpha value is -17.8. The second-order valence-corrected chi connectivity index (χ2v) is 31.2. The van der Waals surface area contributed by atoms with E-state index in [4.69, 9.17) is 21.3 Å². The van der Waals surface area contributed by atoms with Crippen LogP contribution in [0.4, 0.5) is 56.9 Å². The summed E-state index contributed by atoms with van der Waals surface area (Å²) in [5, 5.41) is 16.5. The molecule has 0 amide bonds. The summed E-state index contributed by atoms with van der Waals surface area (Å²) in [5.74, 6) is 1.70. The first-order chi connectivity index (χ1) is 62.9. The zero-order valence-electron chi connectivity index (χ0n) is 68.5. The SMILES string of the molecule is [C-]#[N+]c1cccc(-n2c3ccccc3c3cc(-c4ccc5c(c4)c4ccccc4n5-c4cccc(C#N)c4)ccc32)c1.c1ccc(N(c2ccccc2)c2ccc3c(c2)c2cc(N(c4ccccc4)c4ccccc4)ccc2n3-c2ccc(-c3cnc4ccccc4n3)cc2)cc1.c1ccc2c(c1)Oc1ccccc1N2c1ccc(-c2cnc3ccccc3n2)cc1. The molecule has 1 aliphatic rings. The van der Waals surface area contributed by atoms with Crippen LogP contribution in [0, 0.1) is 17.9 Å². The van der Waals surface area contributed by atoms with Gasteiger partial charge in [-0.05, 0) is 236 Å². The third-order valence-electron chi connectivity index (χ3n) is 23.6. The minimum absolute atomic E-state index is 0.627. The maximum Gasteiger partial charge on any atom is 0.189 e. The van der Waals surface area contributed by atoms with Gasteiger partial charge in [0, 0.05) is 100 Å². The first kappa shape index (κ1) is 75.4. The molecule has 0 saturated carbocycles. The van der Waals surface area contributed by atoms with Crippen molar-refractivity contribution in [2.45, 2.75) is 0 Å². The number of rotatable bonds is 13. The lowest BCUT2D eigenvalue weighted by atomic mass is 10.0. The van der Waals surface area contributed by atoms with Crippen molar-refractivity contribution < 1.29 is 4.74 Å². The Morgan fingerprint density at radius 2 is 0.638 bits per heavy atom. The Morgan fingerprint density at radius 1 is 0.276 bits per heavy atom. The topological polar surface area (TPSA) is 113 Å². The van der Waals surface area contributed by atoms with Crippen molar-refractivity contribution in [1.82, 2.24) is 33.6 Å². The molecule has 0 aliphatic carbocycles. The van der Waals surface area contributed by atoms with Crippen molar-refractivity contribution in [3.8, 4) is 68.3 Å². The van der Waals surface area contributed by atoms with E-state index in [2.05, 4.69) is 365 Å². The molecule has 24 rings (SSSR count). The number of fused-ring (bicyclic) bond motifs is 13. The molecule has 1 aliphatic heterocycles. The van der Waals surface area contributed by atoms with E-state index in [1.807, 2.05) is 134 Å². The lowest BCUT2D eigenvalue weighted by Gasteiger charge is -2.32. The highest BCUT2D eigenvalue weighted by molar-refractivity contribution is 6.14. The summed E-state index contributed by atoms with van der Waals surface area (Å²) in [4.78, 5) is 29.4. The van der Waals surface area contributed by atoms with Gasteiger partial charge in [0.05, 0.1) is 109 Å². The van der Waals surface area contributed by atoms with Crippen LogP contribution in [0.3, 0.4) is 0 Å². The first-order valence-electron chi connectivity index (χ1n) is 42.1. The highest BCUT2D eigenvalue weighted by Crippen LogP contribution is 2.51. The number of hydrogen-bond acceptors (Lipinski definition) is 9. The van der Waals surface area contributed by atoms with Gasteiger partial charge < -0.3 is 33.1 Å². The van der Waals surface area contributed by atoms with E-state index in [9.17, 15) is 5.26 Å². The largest absolute Gasteiger partial charge is 0.453 e. The van der Waals surface area contributed by atoms with Crippen LogP contribution in [-0.2, 0) is 0 Å². The van der Waals surface area contributed by atoms with Crippen LogP contribution in [0.5, 0.6) is 11.5 Å². The molecule has 0 saturated heterocycles. The molecule has 0 atom stereocenters. The minimum atomic E-state index is 0.627. The van der Waals surface area contributed by atoms with Crippen LogP contribution < -0.4 is 19.4 Å². The molecule has 6 heterocycles. The molecular weight excluding hydrogens is 1550 g/mol. The molecule has 5 aromatic heterocycles. The molecule has 0 N–H and O–H groups in total. The normalized spacial score (nSPS) is 11.5. The lowest BCUT2D eigenvalue weighted by Crippen LogP contribution is -2.15. The molecule has 0 bridgehead atoms. The Kier molecular flexibility index (Phi) is 19.4. The van der Waals surface area contributed by atoms with Gasteiger partial charge in [0.25, 0.3) is 0 Å². The number of hydrogen-bond donors (Lipinski definition) is 0. The number of ether oxygens (including phenoxy) is 1. The second-order valence-electron chi connectivity index (χ2n) is 31.2. The van der Waals surface area contributed by atoms with E-state index in [-0.39, 0.29) is 0 Å². The molecule has 0 spiro atoms. The van der Waals surface area contributed by atoms with E-state index in [1.165, 1.54) is 21.5 Å². The summed E-state index contributed by atoms with van der Waals surface area (Å²) in [6.45, 7) is 7.49. The number of benzene rings is 18. The van der Waals surface area contributed by atoms with Crippen LogP contribution >= 0.6 is 0 Å². The van der Waals surface area contributed by atoms with Gasteiger partial charge in [0.1, 0.15) is 0 Å². The van der Waals surface area contributed by atoms with Crippen LogP contribution in [0.15, 0.2) is 449 Å². The average Bonchev–Trinajstić information content (AvgIpc) is 1.60. The van der Waals surface area contributed by atoms with Gasteiger partial charge >= 0.3 is 0 Å². The Labute approximate surface area is 732 Å². The van der Waals surface area contributed by atoms with Gasteiger partial charge in [-0.3, -0.25) is 9.97 Å². The van der Waals surface area contributed by atoms with Crippen molar-refractivity contribution in [1.29, 1.82) is 5.26 Å². The maximum absolute atomic E-state index is 9.51. The summed E-state index contributed by atoms with van der Waals surface area (Å²) in [5.41, 5.74) is 30.3. The fourth-order valence-corrected chi connectivity index (χ4v) is 17.8. The summed E-state index contributed by atoms with van der Waals surface area (Å²) in [6.07, 6.45) is 3.69. The molecular formula is C114H74N12O. The van der Waals surface area contributed by atoms with E-state index < -0.39 is 0 Å². The van der Waals surface area contributed by atoms with Crippen molar-refractivity contribution >= 4 is 144 Å². The van der Waals surface area contributed by atoms with Crippen molar-refractivity contribution in [3.63, 3.8) is 0 Å². The summed E-state index contributed by atoms with van der Waals surface area (Å²) < 4.78 is 13.0. The highest BCUT2D eigenvalue weighted by atomic mass is 16.5. The van der Waals surface area contributed by atoms with Crippen molar-refractivity contribution in [2.75, 3.05) is 14.7 Å². The number of para-hydroxylation sites is 14. The zero-order valence-corrected chi connectivity index (χ0v) is 68.5. The van der Waals surface area contributed by atoms with E-state index in [0.29, 0.717) is 11.3 Å². The third-order valence-corrected chi connectivity index (χ3v) is 23.6. The second kappa shape index (κ2) is 32.6. The number of nitriles is 1. The van der Waals surface area contributed by atoms with E-state index in [1.54, 1.807) is 0 Å². The van der Waals surface area contributed by atoms with Crippen molar-refractivity contribution in [2.24, 2.45) is 0 Å². The lowest BCUT2D eigenvalue weighted by molar-refractivity contribution is 0.477. The van der Waals surface area contributed by atoms with Crippen LogP contribution in [0.1, 0.15) is 5.56 Å². The fraction of sp³-hybridized carbons (Fsp3) is 0. The average molecular weight is 1630 g/mol. The molecule has 596 valence electrons. The predicted octanol–water partition coefficient (Wildman–Crippen LogP) is 30.2. The van der Waals surface area contributed by atoms with Gasteiger partial charge in [-0.25, -0.2) is 14.8 Å². The molecule has 18 aromatic carbocycles. The molecule has 0 unspecified atom stereocenters. The van der Waals surface area contributed by atoms with Crippen LogP contribution in [0.2, 0.25) is 0 Å². The smallest absolute Gasteiger partial charge is 0.189 e. The Bertz CT molecular complexity index is 7780. The summed E-state index contributed by atoms with van der Waals surface area (Å²) >= 11 is 0. The van der Waals surface area contributed by atoms with E-state index in [0.717, 1.165) is 179 Å². The molecule has 13 heteroatoms. The highest BCUT2D eigenvalue weighted by Gasteiger charge is 2.27. The summed E-state index contributed by atoms with van der Waals surface area (Å²) in [7, 11) is 0. The van der Waals surface area contributed by atoms with Gasteiger partial charge in [0.15, 0.2) is 17.2 Å². The van der Waals surface area contributed by atoms with Crippen molar-refractivity contribution in [3.05, 3.63) is 466 Å². The number of nitrogens with zero attached hydrogens (tertiary/aromatic N) is 12. The fourth-order valence-electron chi connectivity index (χ4n) is 17.8. The molecule has 0 radical (unpaired) electrons. The van der Waals surface area contributed by atoms with Crippen LogP contribution in [-0.4, -0.2) is 33.6 Å². The standard InChI is InChI=1S/C50H35N5.C38H22N4.C26H17N3O/c1-5-15-37(16-6-1)53(38-17-7-2-8-18-38)42-29-31-49-44(33-42)45-34-43(54(39-19-9-3-10-20-39)40-21-11-4-12-22-40)30-32-50(45)55(49)41-27-25-36(26-28-41)48-35-51-46-23-13-14-24-47(46)52-48;1-40-28-9-7-11-30(23-28)42-36-15-5-3-13-32(36)34-22-27(17-19-38(34)42)26-16-18-37-33(21-26)31-12-2-4-14-35(31)41(37)29-10-6-8-25(20-29)24-39;1-2-8-21-20(7-1)27-17-22(28-21)18-13-15-19(16-14-18)29-23-9-3-5-11-25(23)30-26-12-6-4-10-24(26)29/h1-35H;2-23H;1-17H. The monoisotopic (exact) mass is 1630 g/mol. The molecule has 0 fully saturated rings. The van der Waals surface area contributed by atoms with Crippen LogP contribution in [0.25, 0.3) is 143 Å². The van der Waals surface area contributed by atoms with Gasteiger partial charge in [-0.15, -0.1) is 0 Å². The van der Waals surface area contributed by atoms with Gasteiger partial charge in [-0.1, -0.05) is 212 Å². The number of anilines is 9. The quantitative estimate of drug-likeness (QED) is 0.104.